The summed E-state index contributed by atoms with van der Waals surface area (Å²) in [5.74, 6) is 2.02. The maximum Gasteiger partial charge on any atom is 0.132 e. The summed E-state index contributed by atoms with van der Waals surface area (Å²) >= 11 is 0. The Balaban J connectivity index is 1.75. The maximum absolute atomic E-state index is 5.47. The number of nitrogens with zero attached hydrogens (tertiary/aromatic N) is 4. The first-order valence-electron chi connectivity index (χ1n) is 8.67. The van der Waals surface area contributed by atoms with Gasteiger partial charge >= 0.3 is 0 Å². The lowest BCUT2D eigenvalue weighted by Gasteiger charge is -2.40. The summed E-state index contributed by atoms with van der Waals surface area (Å²) in [5, 5.41) is 0. The molecule has 2 aliphatic rings. The molecule has 5 nitrogen and oxygen atoms in total. The third-order valence-corrected chi connectivity index (χ3v) is 4.73. The third-order valence-electron chi connectivity index (χ3n) is 4.73. The van der Waals surface area contributed by atoms with Crippen LogP contribution in [0, 0.1) is 6.92 Å². The summed E-state index contributed by atoms with van der Waals surface area (Å²) in [5.41, 5.74) is 1.15. The van der Waals surface area contributed by atoms with Gasteiger partial charge in [-0.1, -0.05) is 6.92 Å². The average molecular weight is 304 g/mol. The molecule has 0 saturated carbocycles. The number of morpholine rings is 1. The van der Waals surface area contributed by atoms with Crippen LogP contribution in [0.1, 0.15) is 37.7 Å². The number of rotatable bonds is 4. The first-order chi connectivity index (χ1) is 10.8. The largest absolute Gasteiger partial charge is 0.379 e. The molecule has 0 N–H and O–H groups in total. The van der Waals surface area contributed by atoms with Crippen molar-refractivity contribution in [1.82, 2.24) is 14.9 Å². The molecule has 5 heteroatoms. The van der Waals surface area contributed by atoms with Gasteiger partial charge < -0.3 is 9.64 Å². The van der Waals surface area contributed by atoms with Crippen LogP contribution >= 0.6 is 0 Å². The predicted molar refractivity (Wildman–Crippen MR) is 88.4 cm³/mol. The minimum atomic E-state index is 0.575. The van der Waals surface area contributed by atoms with Crippen LogP contribution in [0.25, 0.3) is 0 Å². The molecule has 1 aromatic rings. The van der Waals surface area contributed by atoms with E-state index in [0.29, 0.717) is 6.04 Å². The van der Waals surface area contributed by atoms with E-state index in [0.717, 1.165) is 63.1 Å². The van der Waals surface area contributed by atoms with Crippen LogP contribution in [-0.2, 0) is 11.2 Å². The minimum Gasteiger partial charge on any atom is -0.379 e. The molecule has 3 rings (SSSR count). The summed E-state index contributed by atoms with van der Waals surface area (Å²) in [7, 11) is 0. The average Bonchev–Trinajstić information content (AvgIpc) is 2.55. The Morgan fingerprint density at radius 1 is 1.18 bits per heavy atom. The Bertz CT molecular complexity index is 488. The van der Waals surface area contributed by atoms with E-state index in [1.807, 2.05) is 6.92 Å². The lowest BCUT2D eigenvalue weighted by atomic mass is 10.0. The Morgan fingerprint density at radius 2 is 2.00 bits per heavy atom. The van der Waals surface area contributed by atoms with E-state index in [-0.39, 0.29) is 0 Å². The monoisotopic (exact) mass is 304 g/mol. The van der Waals surface area contributed by atoms with Gasteiger partial charge in [-0.2, -0.15) is 0 Å². The van der Waals surface area contributed by atoms with Crippen molar-refractivity contribution in [3.8, 4) is 0 Å². The van der Waals surface area contributed by atoms with Gasteiger partial charge in [0.2, 0.25) is 0 Å². The fraction of sp³-hybridized carbons (Fsp3) is 0.765. The van der Waals surface area contributed by atoms with Crippen LogP contribution in [0.2, 0.25) is 0 Å². The van der Waals surface area contributed by atoms with E-state index < -0.39 is 0 Å². The normalized spacial score (nSPS) is 23.7. The summed E-state index contributed by atoms with van der Waals surface area (Å²) in [4.78, 5) is 14.3. The van der Waals surface area contributed by atoms with Gasteiger partial charge in [0.15, 0.2) is 0 Å². The molecule has 0 amide bonds. The molecule has 0 radical (unpaired) electrons. The lowest BCUT2D eigenvalue weighted by molar-refractivity contribution is 0.0338. The first kappa shape index (κ1) is 15.7. The molecule has 1 unspecified atom stereocenters. The number of aromatic nitrogens is 2. The zero-order valence-electron chi connectivity index (χ0n) is 13.9. The molecule has 0 spiro atoms. The zero-order chi connectivity index (χ0) is 15.4. The Hall–Kier alpha value is -1.20. The number of aryl methyl sites for hydroxylation is 2. The molecular formula is C17H28N4O. The van der Waals surface area contributed by atoms with Crippen LogP contribution in [-0.4, -0.2) is 60.3 Å². The van der Waals surface area contributed by atoms with Gasteiger partial charge in [-0.15, -0.1) is 0 Å². The number of hydrogen-bond acceptors (Lipinski definition) is 5. The molecule has 0 aromatic carbocycles. The molecular weight excluding hydrogens is 276 g/mol. The van der Waals surface area contributed by atoms with E-state index in [4.69, 9.17) is 9.72 Å². The van der Waals surface area contributed by atoms with Crippen LogP contribution < -0.4 is 4.90 Å². The van der Waals surface area contributed by atoms with Crippen molar-refractivity contribution in [2.75, 3.05) is 44.3 Å². The number of hydrogen-bond donors (Lipinski definition) is 0. The second-order valence-corrected chi connectivity index (χ2v) is 6.37. The van der Waals surface area contributed by atoms with Gasteiger partial charge in [0.1, 0.15) is 11.6 Å². The second kappa shape index (κ2) is 7.38. The van der Waals surface area contributed by atoms with E-state index in [1.54, 1.807) is 0 Å². The predicted octanol–water partition coefficient (Wildman–Crippen LogP) is 2.04. The smallest absolute Gasteiger partial charge is 0.132 e. The van der Waals surface area contributed by atoms with Crippen molar-refractivity contribution >= 4 is 5.82 Å². The number of ether oxygens (including phenoxy) is 1. The van der Waals surface area contributed by atoms with Gasteiger partial charge in [-0.3, -0.25) is 4.90 Å². The summed E-state index contributed by atoms with van der Waals surface area (Å²) in [6, 6.07) is 2.76. The molecule has 0 bridgehead atoms. The van der Waals surface area contributed by atoms with Gasteiger partial charge in [0, 0.05) is 44.0 Å². The molecule has 2 aliphatic heterocycles. The fourth-order valence-electron chi connectivity index (χ4n) is 3.51. The van der Waals surface area contributed by atoms with Gasteiger partial charge in [0.25, 0.3) is 0 Å². The van der Waals surface area contributed by atoms with Gasteiger partial charge in [-0.05, 0) is 32.6 Å². The topological polar surface area (TPSA) is 41.5 Å². The van der Waals surface area contributed by atoms with Crippen molar-refractivity contribution in [2.45, 2.75) is 45.6 Å². The molecule has 22 heavy (non-hydrogen) atoms. The summed E-state index contributed by atoms with van der Waals surface area (Å²) in [6.45, 7) is 10.3. The van der Waals surface area contributed by atoms with Crippen LogP contribution in [0.3, 0.4) is 0 Å². The standard InChI is InChI=1S/C17H28N4O/c1-3-15-12-17(19-14(2)18-15)21-7-5-4-6-16(21)13-20-8-10-22-11-9-20/h12,16H,3-11,13H2,1-2H3. The minimum absolute atomic E-state index is 0.575. The van der Waals surface area contributed by atoms with Crippen molar-refractivity contribution in [3.05, 3.63) is 17.6 Å². The van der Waals surface area contributed by atoms with Crippen LogP contribution in [0.4, 0.5) is 5.82 Å². The quantitative estimate of drug-likeness (QED) is 0.851. The van der Waals surface area contributed by atoms with E-state index >= 15 is 0 Å². The highest BCUT2D eigenvalue weighted by Crippen LogP contribution is 2.25. The van der Waals surface area contributed by atoms with Gasteiger partial charge in [0.05, 0.1) is 13.2 Å². The third kappa shape index (κ3) is 3.76. The molecule has 3 heterocycles. The SMILES string of the molecule is CCc1cc(N2CCCCC2CN2CCOCC2)nc(C)n1. The molecule has 0 aliphatic carbocycles. The molecule has 2 saturated heterocycles. The first-order valence-corrected chi connectivity index (χ1v) is 8.67. The lowest BCUT2D eigenvalue weighted by Crippen LogP contribution is -2.49. The summed E-state index contributed by atoms with van der Waals surface area (Å²) in [6.07, 6.45) is 4.83. The zero-order valence-corrected chi connectivity index (χ0v) is 13.9. The second-order valence-electron chi connectivity index (χ2n) is 6.37. The number of piperidine rings is 1. The Morgan fingerprint density at radius 3 is 2.77 bits per heavy atom. The van der Waals surface area contributed by atoms with Crippen LogP contribution in [0.5, 0.6) is 0 Å². The van der Waals surface area contributed by atoms with Crippen molar-refractivity contribution < 1.29 is 4.74 Å². The highest BCUT2D eigenvalue weighted by Gasteiger charge is 2.26. The van der Waals surface area contributed by atoms with Crippen LogP contribution in [0.15, 0.2) is 6.07 Å². The number of anilines is 1. The van der Waals surface area contributed by atoms with Crippen molar-refractivity contribution in [2.24, 2.45) is 0 Å². The van der Waals surface area contributed by atoms with Crippen molar-refractivity contribution in [1.29, 1.82) is 0 Å². The molecule has 1 atom stereocenters. The van der Waals surface area contributed by atoms with Gasteiger partial charge in [-0.25, -0.2) is 9.97 Å². The molecule has 2 fully saturated rings. The highest BCUT2D eigenvalue weighted by molar-refractivity contribution is 5.42. The highest BCUT2D eigenvalue weighted by atomic mass is 16.5. The van der Waals surface area contributed by atoms with E-state index in [9.17, 15) is 0 Å². The van der Waals surface area contributed by atoms with Crippen molar-refractivity contribution in [3.63, 3.8) is 0 Å². The van der Waals surface area contributed by atoms with E-state index in [2.05, 4.69) is 27.8 Å². The summed E-state index contributed by atoms with van der Waals surface area (Å²) < 4.78 is 5.47. The molecule has 1 aromatic heterocycles. The molecule has 122 valence electrons. The Kier molecular flexibility index (Phi) is 5.26. The maximum atomic E-state index is 5.47. The van der Waals surface area contributed by atoms with E-state index in [1.165, 1.54) is 19.3 Å². The Labute approximate surface area is 133 Å². The fourth-order valence-corrected chi connectivity index (χ4v) is 3.51.